The Morgan fingerprint density at radius 2 is 1.79 bits per heavy atom. The number of methoxy groups -OCH3 is 2. The fraction of sp³-hybridized carbons (Fsp3) is 0.409. The molecule has 5 nitrogen and oxygen atoms in total. The van der Waals surface area contributed by atoms with E-state index in [1.807, 2.05) is 24.3 Å². The Bertz CT molecular complexity index is 808. The number of carbonyl (C=O) groups is 1. The first-order valence-electron chi connectivity index (χ1n) is 9.56. The molecule has 0 spiro atoms. The number of rotatable bonds is 8. The zero-order valence-corrected chi connectivity index (χ0v) is 17.2. The Balaban J connectivity index is 1.43. The van der Waals surface area contributed by atoms with E-state index in [1.165, 1.54) is 11.1 Å². The maximum absolute atomic E-state index is 12.1. The second-order valence-corrected chi connectivity index (χ2v) is 7.41. The van der Waals surface area contributed by atoms with Crippen LogP contribution in [-0.4, -0.2) is 44.7 Å². The van der Waals surface area contributed by atoms with Crippen molar-refractivity contribution in [2.75, 3.05) is 33.9 Å². The third-order valence-corrected chi connectivity index (χ3v) is 5.35. The van der Waals surface area contributed by atoms with Crippen molar-refractivity contribution in [1.29, 1.82) is 0 Å². The molecule has 0 unspecified atom stereocenters. The van der Waals surface area contributed by atoms with E-state index in [0.29, 0.717) is 18.0 Å². The lowest BCUT2D eigenvalue weighted by Crippen LogP contribution is -2.37. The molecule has 6 heteroatoms. The van der Waals surface area contributed by atoms with Gasteiger partial charge in [-0.25, -0.2) is 0 Å². The number of fused-ring (bicyclic) bond motifs is 1. The lowest BCUT2D eigenvalue weighted by Gasteiger charge is -2.29. The Morgan fingerprint density at radius 1 is 1.11 bits per heavy atom. The van der Waals surface area contributed by atoms with E-state index in [2.05, 4.69) is 22.3 Å². The number of nitrogens with zero attached hydrogens (tertiary/aromatic N) is 1. The Morgan fingerprint density at radius 3 is 2.46 bits per heavy atom. The van der Waals surface area contributed by atoms with E-state index < -0.39 is 0 Å². The first kappa shape index (κ1) is 20.5. The Hall–Kier alpha value is -2.24. The zero-order valence-electron chi connectivity index (χ0n) is 16.5. The van der Waals surface area contributed by atoms with Crippen LogP contribution in [0.4, 0.5) is 0 Å². The quantitative estimate of drug-likeness (QED) is 0.734. The average molecular weight is 403 g/mol. The molecule has 1 heterocycles. The van der Waals surface area contributed by atoms with E-state index in [1.54, 1.807) is 14.2 Å². The number of ether oxygens (including phenoxy) is 2. The van der Waals surface area contributed by atoms with Crippen molar-refractivity contribution < 1.29 is 14.3 Å². The van der Waals surface area contributed by atoms with Gasteiger partial charge in [-0.2, -0.15) is 0 Å². The van der Waals surface area contributed by atoms with Crippen molar-refractivity contribution in [2.24, 2.45) is 0 Å². The van der Waals surface area contributed by atoms with Crippen LogP contribution in [-0.2, 0) is 24.2 Å². The van der Waals surface area contributed by atoms with Crippen LogP contribution in [0, 0.1) is 0 Å². The molecule has 0 aliphatic carbocycles. The van der Waals surface area contributed by atoms with Gasteiger partial charge in [-0.3, -0.25) is 9.69 Å². The molecule has 0 radical (unpaired) electrons. The fourth-order valence-corrected chi connectivity index (χ4v) is 3.61. The zero-order chi connectivity index (χ0) is 19.9. The smallest absolute Gasteiger partial charge is 0.220 e. The van der Waals surface area contributed by atoms with Crippen LogP contribution in [0.1, 0.15) is 23.1 Å². The molecule has 0 saturated carbocycles. The maximum atomic E-state index is 12.1. The summed E-state index contributed by atoms with van der Waals surface area (Å²) in [6.07, 6.45) is 2.18. The monoisotopic (exact) mass is 402 g/mol. The second kappa shape index (κ2) is 9.80. The van der Waals surface area contributed by atoms with Crippen LogP contribution >= 0.6 is 11.6 Å². The second-order valence-electron chi connectivity index (χ2n) is 6.98. The molecular formula is C22H27ClN2O3. The van der Waals surface area contributed by atoms with Crippen molar-refractivity contribution in [1.82, 2.24) is 10.2 Å². The summed E-state index contributed by atoms with van der Waals surface area (Å²) in [5.74, 6) is 1.63. The molecule has 0 aromatic heterocycles. The Labute approximate surface area is 171 Å². The summed E-state index contributed by atoms with van der Waals surface area (Å²) in [5, 5.41) is 3.74. The van der Waals surface area contributed by atoms with Gasteiger partial charge >= 0.3 is 0 Å². The molecular weight excluding hydrogens is 376 g/mol. The molecule has 2 aromatic rings. The summed E-state index contributed by atoms with van der Waals surface area (Å²) < 4.78 is 10.8. The summed E-state index contributed by atoms with van der Waals surface area (Å²) in [5.41, 5.74) is 3.69. The molecule has 1 N–H and O–H groups in total. The summed E-state index contributed by atoms with van der Waals surface area (Å²) >= 11 is 5.88. The van der Waals surface area contributed by atoms with Crippen LogP contribution in [0.3, 0.4) is 0 Å². The van der Waals surface area contributed by atoms with Gasteiger partial charge in [0.15, 0.2) is 11.5 Å². The highest BCUT2D eigenvalue weighted by Crippen LogP contribution is 2.33. The van der Waals surface area contributed by atoms with E-state index in [9.17, 15) is 4.79 Å². The van der Waals surface area contributed by atoms with E-state index >= 15 is 0 Å². The number of halogens is 1. The number of benzene rings is 2. The fourth-order valence-electron chi connectivity index (χ4n) is 3.48. The highest BCUT2D eigenvalue weighted by atomic mass is 35.5. The SMILES string of the molecule is COc1cc2c(cc1OC)CN(CCNC(=O)CCc1ccc(Cl)cc1)CC2. The molecule has 1 aliphatic heterocycles. The van der Waals surface area contributed by atoms with Crippen LogP contribution in [0.2, 0.25) is 5.02 Å². The molecule has 1 aliphatic rings. The molecule has 0 fully saturated rings. The summed E-state index contributed by atoms with van der Waals surface area (Å²) in [4.78, 5) is 14.4. The third kappa shape index (κ3) is 5.40. The lowest BCUT2D eigenvalue weighted by atomic mass is 9.99. The summed E-state index contributed by atoms with van der Waals surface area (Å²) in [6, 6.07) is 11.8. The van der Waals surface area contributed by atoms with Gasteiger partial charge in [0.05, 0.1) is 14.2 Å². The van der Waals surface area contributed by atoms with Crippen molar-refractivity contribution in [3.8, 4) is 11.5 Å². The van der Waals surface area contributed by atoms with Gasteiger partial charge in [0.1, 0.15) is 0 Å². The first-order chi connectivity index (χ1) is 13.6. The molecule has 0 bridgehead atoms. The normalized spacial score (nSPS) is 13.7. The van der Waals surface area contributed by atoms with E-state index in [4.69, 9.17) is 21.1 Å². The number of nitrogens with one attached hydrogen (secondary N) is 1. The van der Waals surface area contributed by atoms with Crippen LogP contribution < -0.4 is 14.8 Å². The minimum atomic E-state index is 0.0822. The molecule has 3 rings (SSSR count). The number of hydrogen-bond donors (Lipinski definition) is 1. The highest BCUT2D eigenvalue weighted by Gasteiger charge is 2.19. The molecule has 0 saturated heterocycles. The van der Waals surface area contributed by atoms with E-state index in [-0.39, 0.29) is 5.91 Å². The predicted molar refractivity (Wildman–Crippen MR) is 111 cm³/mol. The van der Waals surface area contributed by atoms with Crippen molar-refractivity contribution in [3.05, 3.63) is 58.1 Å². The minimum absolute atomic E-state index is 0.0822. The Kier molecular flexibility index (Phi) is 7.18. The van der Waals surface area contributed by atoms with Crippen LogP contribution in [0.25, 0.3) is 0 Å². The highest BCUT2D eigenvalue weighted by molar-refractivity contribution is 6.30. The minimum Gasteiger partial charge on any atom is -0.493 e. The van der Waals surface area contributed by atoms with Crippen LogP contribution in [0.5, 0.6) is 11.5 Å². The molecule has 0 atom stereocenters. The first-order valence-corrected chi connectivity index (χ1v) is 9.94. The number of carbonyl (C=O) groups excluding carboxylic acids is 1. The standard InChI is InChI=1S/C22H27ClN2O3/c1-27-20-13-17-9-11-25(15-18(17)14-21(20)28-2)12-10-24-22(26)8-5-16-3-6-19(23)7-4-16/h3-4,6-7,13-14H,5,8-12,15H2,1-2H3,(H,24,26). The lowest BCUT2D eigenvalue weighted by molar-refractivity contribution is -0.121. The third-order valence-electron chi connectivity index (χ3n) is 5.10. The molecule has 1 amide bonds. The van der Waals surface area contributed by atoms with E-state index in [0.717, 1.165) is 49.5 Å². The number of hydrogen-bond acceptors (Lipinski definition) is 4. The van der Waals surface area contributed by atoms with Gasteiger partial charge in [0.2, 0.25) is 5.91 Å². The van der Waals surface area contributed by atoms with Crippen molar-refractivity contribution in [3.63, 3.8) is 0 Å². The van der Waals surface area contributed by atoms with Gasteiger partial charge < -0.3 is 14.8 Å². The summed E-state index contributed by atoms with van der Waals surface area (Å²) in [7, 11) is 3.32. The predicted octanol–water partition coefficient (Wildman–Crippen LogP) is 3.46. The van der Waals surface area contributed by atoms with Gasteiger partial charge in [0.25, 0.3) is 0 Å². The van der Waals surface area contributed by atoms with Gasteiger partial charge in [0, 0.05) is 37.6 Å². The van der Waals surface area contributed by atoms with Gasteiger partial charge in [-0.1, -0.05) is 23.7 Å². The molecule has 150 valence electrons. The van der Waals surface area contributed by atoms with Crippen molar-refractivity contribution >= 4 is 17.5 Å². The van der Waals surface area contributed by atoms with Crippen LogP contribution in [0.15, 0.2) is 36.4 Å². The average Bonchev–Trinajstić information content (AvgIpc) is 2.72. The summed E-state index contributed by atoms with van der Waals surface area (Å²) in [6.45, 7) is 3.32. The largest absolute Gasteiger partial charge is 0.493 e. The maximum Gasteiger partial charge on any atom is 0.220 e. The molecule has 2 aromatic carbocycles. The number of aryl methyl sites for hydroxylation is 1. The van der Waals surface area contributed by atoms with Gasteiger partial charge in [-0.15, -0.1) is 0 Å². The van der Waals surface area contributed by atoms with Crippen molar-refractivity contribution in [2.45, 2.75) is 25.8 Å². The van der Waals surface area contributed by atoms with Gasteiger partial charge in [-0.05, 0) is 53.8 Å². The molecule has 28 heavy (non-hydrogen) atoms. The number of amides is 1. The topological polar surface area (TPSA) is 50.8 Å².